The molecule has 1 aliphatic carbocycles. The van der Waals surface area contributed by atoms with Crippen LogP contribution >= 0.6 is 12.2 Å². The topological polar surface area (TPSA) is 70.6 Å². The Morgan fingerprint density at radius 1 is 1.21 bits per heavy atom. The number of benzene rings is 2. The molecule has 2 aromatic rings. The predicted octanol–water partition coefficient (Wildman–Crippen LogP) is 2.42. The number of esters is 1. The number of methoxy groups -OCH3 is 1. The molecule has 2 aromatic carbocycles. The molecule has 0 fully saturated rings. The molecule has 3 rings (SSSR count). The van der Waals surface area contributed by atoms with Crippen LogP contribution in [-0.2, 0) is 11.2 Å². The van der Waals surface area contributed by atoms with E-state index in [1.54, 1.807) is 24.3 Å². The third-order valence-electron chi connectivity index (χ3n) is 4.05. The largest absolute Gasteiger partial charge is 0.465 e. The van der Waals surface area contributed by atoms with Gasteiger partial charge in [0.2, 0.25) is 0 Å². The molecule has 5 nitrogen and oxygen atoms in total. The van der Waals surface area contributed by atoms with Crippen molar-refractivity contribution < 1.29 is 14.6 Å². The molecule has 3 N–H and O–H groups in total. The molecule has 0 aromatic heterocycles. The van der Waals surface area contributed by atoms with Crippen molar-refractivity contribution in [3.8, 4) is 0 Å². The summed E-state index contributed by atoms with van der Waals surface area (Å²) in [4.78, 5) is 11.4. The third kappa shape index (κ3) is 3.39. The standard InChI is InChI=1S/C18H18N2O3S/c1-23-17(22)11-6-8-13(9-7-11)19-18(24)20-16-14-5-3-2-4-12(14)10-15(16)21/h2-9,15-16,21H,10H2,1H3,(H2,19,20,24)/t15-,16-/m0/s1. The summed E-state index contributed by atoms with van der Waals surface area (Å²) < 4.78 is 4.67. The van der Waals surface area contributed by atoms with E-state index in [9.17, 15) is 9.90 Å². The normalized spacial score (nSPS) is 18.6. The van der Waals surface area contributed by atoms with Crippen LogP contribution in [0.25, 0.3) is 0 Å². The van der Waals surface area contributed by atoms with Gasteiger partial charge in [0.25, 0.3) is 0 Å². The molecule has 6 heteroatoms. The number of aliphatic hydroxyl groups is 1. The van der Waals surface area contributed by atoms with Crippen LogP contribution in [0.3, 0.4) is 0 Å². The van der Waals surface area contributed by atoms with Gasteiger partial charge in [-0.25, -0.2) is 4.79 Å². The fraction of sp³-hybridized carbons (Fsp3) is 0.222. The summed E-state index contributed by atoms with van der Waals surface area (Å²) >= 11 is 5.34. The van der Waals surface area contributed by atoms with Crippen molar-refractivity contribution in [2.24, 2.45) is 0 Å². The molecule has 0 spiro atoms. The SMILES string of the molecule is COC(=O)c1ccc(NC(=S)N[C@H]2c3ccccc3C[C@@H]2O)cc1. The molecule has 24 heavy (non-hydrogen) atoms. The van der Waals surface area contributed by atoms with Crippen LogP contribution in [0, 0.1) is 0 Å². The lowest BCUT2D eigenvalue weighted by Gasteiger charge is -2.20. The van der Waals surface area contributed by atoms with E-state index in [1.807, 2.05) is 24.3 Å². The highest BCUT2D eigenvalue weighted by Gasteiger charge is 2.31. The first-order valence-electron chi connectivity index (χ1n) is 7.60. The Balaban J connectivity index is 1.65. The molecule has 0 heterocycles. The number of anilines is 1. The van der Waals surface area contributed by atoms with Crippen LogP contribution in [0.2, 0.25) is 0 Å². The summed E-state index contributed by atoms with van der Waals surface area (Å²) in [6.07, 6.45) is 0.105. The van der Waals surface area contributed by atoms with Crippen molar-refractivity contribution >= 4 is 29.0 Å². The number of ether oxygens (including phenoxy) is 1. The van der Waals surface area contributed by atoms with E-state index in [4.69, 9.17) is 12.2 Å². The monoisotopic (exact) mass is 342 g/mol. The van der Waals surface area contributed by atoms with E-state index in [0.29, 0.717) is 17.1 Å². The Morgan fingerprint density at radius 3 is 2.62 bits per heavy atom. The quantitative estimate of drug-likeness (QED) is 0.588. The zero-order chi connectivity index (χ0) is 17.1. The minimum Gasteiger partial charge on any atom is -0.465 e. The van der Waals surface area contributed by atoms with Crippen molar-refractivity contribution in [1.29, 1.82) is 0 Å². The molecular weight excluding hydrogens is 324 g/mol. The molecule has 0 saturated heterocycles. The van der Waals surface area contributed by atoms with Crippen LogP contribution < -0.4 is 10.6 Å². The van der Waals surface area contributed by atoms with E-state index in [-0.39, 0.29) is 12.0 Å². The Kier molecular flexibility index (Phi) is 4.78. The second-order valence-electron chi connectivity index (χ2n) is 5.62. The van der Waals surface area contributed by atoms with Gasteiger partial charge in [0, 0.05) is 12.1 Å². The van der Waals surface area contributed by atoms with Crippen LogP contribution in [-0.4, -0.2) is 29.4 Å². The molecule has 2 atom stereocenters. The van der Waals surface area contributed by atoms with Crippen LogP contribution in [0.15, 0.2) is 48.5 Å². The number of thiocarbonyl (C=S) groups is 1. The minimum atomic E-state index is -0.510. The van der Waals surface area contributed by atoms with Gasteiger partial charge < -0.3 is 20.5 Å². The first-order chi connectivity index (χ1) is 11.6. The molecular formula is C18H18N2O3S. The number of fused-ring (bicyclic) bond motifs is 1. The third-order valence-corrected chi connectivity index (χ3v) is 4.27. The molecule has 124 valence electrons. The van der Waals surface area contributed by atoms with Crippen LogP contribution in [0.4, 0.5) is 5.69 Å². The maximum absolute atomic E-state index is 11.4. The van der Waals surface area contributed by atoms with Gasteiger partial charge in [-0.1, -0.05) is 24.3 Å². The lowest BCUT2D eigenvalue weighted by molar-refractivity contribution is 0.0600. The maximum Gasteiger partial charge on any atom is 0.337 e. The second kappa shape index (κ2) is 6.98. The molecule has 0 aliphatic heterocycles. The van der Waals surface area contributed by atoms with E-state index < -0.39 is 6.10 Å². The van der Waals surface area contributed by atoms with Gasteiger partial charge in [-0.3, -0.25) is 0 Å². The Hall–Kier alpha value is -2.44. The number of nitrogens with one attached hydrogen (secondary N) is 2. The van der Waals surface area contributed by atoms with Crippen molar-refractivity contribution in [2.45, 2.75) is 18.6 Å². The number of carbonyl (C=O) groups excluding carboxylic acids is 1. The van der Waals surface area contributed by atoms with E-state index in [1.165, 1.54) is 7.11 Å². The number of rotatable bonds is 3. The predicted molar refractivity (Wildman–Crippen MR) is 96.0 cm³/mol. The number of hydrogen-bond donors (Lipinski definition) is 3. The summed E-state index contributed by atoms with van der Waals surface area (Å²) in [5, 5.41) is 16.9. The first-order valence-corrected chi connectivity index (χ1v) is 8.01. The highest BCUT2D eigenvalue weighted by atomic mass is 32.1. The Labute approximate surface area is 145 Å². The molecule has 0 radical (unpaired) electrons. The van der Waals surface area contributed by atoms with Crippen molar-refractivity contribution in [2.75, 3.05) is 12.4 Å². The summed E-state index contributed by atoms with van der Waals surface area (Å²) in [5.74, 6) is -0.382. The van der Waals surface area contributed by atoms with Crippen LogP contribution in [0.1, 0.15) is 27.5 Å². The van der Waals surface area contributed by atoms with Crippen molar-refractivity contribution in [3.63, 3.8) is 0 Å². The lowest BCUT2D eigenvalue weighted by atomic mass is 10.1. The molecule has 0 unspecified atom stereocenters. The number of hydrogen-bond acceptors (Lipinski definition) is 4. The first kappa shape index (κ1) is 16.4. The Morgan fingerprint density at radius 2 is 1.92 bits per heavy atom. The fourth-order valence-corrected chi connectivity index (χ4v) is 3.11. The van der Waals surface area contributed by atoms with Crippen molar-refractivity contribution in [3.05, 3.63) is 65.2 Å². The van der Waals surface area contributed by atoms with E-state index >= 15 is 0 Å². The summed E-state index contributed by atoms with van der Waals surface area (Å²) in [5.41, 5.74) is 3.42. The van der Waals surface area contributed by atoms with E-state index in [2.05, 4.69) is 15.4 Å². The summed E-state index contributed by atoms with van der Waals surface area (Å²) in [6.45, 7) is 0. The smallest absolute Gasteiger partial charge is 0.337 e. The highest BCUT2D eigenvalue weighted by molar-refractivity contribution is 7.80. The van der Waals surface area contributed by atoms with Gasteiger partial charge in [0.1, 0.15) is 0 Å². The molecule has 0 saturated carbocycles. The number of carbonyl (C=O) groups is 1. The summed E-state index contributed by atoms with van der Waals surface area (Å²) in [7, 11) is 1.35. The fourth-order valence-electron chi connectivity index (χ4n) is 2.86. The minimum absolute atomic E-state index is 0.226. The maximum atomic E-state index is 11.4. The summed E-state index contributed by atoms with van der Waals surface area (Å²) in [6, 6.07) is 14.5. The molecule has 0 amide bonds. The zero-order valence-electron chi connectivity index (χ0n) is 13.2. The Bertz CT molecular complexity index is 761. The van der Waals surface area contributed by atoms with Crippen molar-refractivity contribution in [1.82, 2.24) is 5.32 Å². The van der Waals surface area contributed by atoms with E-state index in [0.717, 1.165) is 16.8 Å². The highest BCUT2D eigenvalue weighted by Crippen LogP contribution is 2.31. The molecule has 0 bridgehead atoms. The van der Waals surface area contributed by atoms with Gasteiger partial charge in [0.15, 0.2) is 5.11 Å². The van der Waals surface area contributed by atoms with Gasteiger partial charge in [-0.2, -0.15) is 0 Å². The average molecular weight is 342 g/mol. The van der Waals surface area contributed by atoms with Gasteiger partial charge in [0.05, 0.1) is 24.8 Å². The average Bonchev–Trinajstić information content (AvgIpc) is 2.90. The zero-order valence-corrected chi connectivity index (χ0v) is 14.0. The number of aliphatic hydroxyl groups excluding tert-OH is 1. The van der Waals surface area contributed by atoms with Gasteiger partial charge >= 0.3 is 5.97 Å². The van der Waals surface area contributed by atoms with Crippen LogP contribution in [0.5, 0.6) is 0 Å². The lowest BCUT2D eigenvalue weighted by Crippen LogP contribution is -2.36. The van der Waals surface area contributed by atoms with Gasteiger partial charge in [-0.15, -0.1) is 0 Å². The molecule has 1 aliphatic rings. The second-order valence-corrected chi connectivity index (χ2v) is 6.02. The van der Waals surface area contributed by atoms with Gasteiger partial charge in [-0.05, 0) is 47.6 Å².